The molecule has 0 radical (unpaired) electrons. The van der Waals surface area contributed by atoms with Crippen molar-refractivity contribution in [3.8, 4) is 0 Å². The zero-order chi connectivity index (χ0) is 8.78. The SMILES string of the molecule is CC(C)C.CNC(C)(C)C. The Balaban J connectivity index is 0. The fourth-order valence-corrected chi connectivity index (χ4v) is 0. The largest absolute Gasteiger partial charge is 0.315 e. The summed E-state index contributed by atoms with van der Waals surface area (Å²) in [5.74, 6) is 0.833. The fourth-order valence-electron chi connectivity index (χ4n) is 0. The molecule has 0 amide bonds. The van der Waals surface area contributed by atoms with Crippen molar-refractivity contribution in [1.82, 2.24) is 5.32 Å². The van der Waals surface area contributed by atoms with Crippen molar-refractivity contribution >= 4 is 0 Å². The Morgan fingerprint density at radius 2 is 1.10 bits per heavy atom. The van der Waals surface area contributed by atoms with Crippen LogP contribution in [0.15, 0.2) is 0 Å². The summed E-state index contributed by atoms with van der Waals surface area (Å²) in [5.41, 5.74) is 0.292. The summed E-state index contributed by atoms with van der Waals surface area (Å²) in [6.07, 6.45) is 0. The minimum Gasteiger partial charge on any atom is -0.315 e. The first-order valence-electron chi connectivity index (χ1n) is 3.98. The Morgan fingerprint density at radius 3 is 1.10 bits per heavy atom. The summed E-state index contributed by atoms with van der Waals surface area (Å²) in [5, 5.41) is 3.10. The molecular formula is C9H23N. The molecule has 1 N–H and O–H groups in total. The topological polar surface area (TPSA) is 12.0 Å². The van der Waals surface area contributed by atoms with E-state index < -0.39 is 0 Å². The normalized spacial score (nSPS) is 10.8. The second-order valence-corrected chi connectivity index (χ2v) is 4.23. The smallest absolute Gasteiger partial charge is 0.00935 e. The Hall–Kier alpha value is -0.0400. The van der Waals surface area contributed by atoms with Gasteiger partial charge >= 0.3 is 0 Å². The van der Waals surface area contributed by atoms with Gasteiger partial charge < -0.3 is 5.32 Å². The molecular weight excluding hydrogens is 122 g/mol. The molecule has 0 aliphatic heterocycles. The molecule has 0 heterocycles. The highest BCUT2D eigenvalue weighted by Gasteiger charge is 2.01. The van der Waals surface area contributed by atoms with E-state index in [1.807, 2.05) is 7.05 Å². The zero-order valence-electron chi connectivity index (χ0n) is 8.58. The van der Waals surface area contributed by atoms with E-state index >= 15 is 0 Å². The maximum atomic E-state index is 3.10. The van der Waals surface area contributed by atoms with Crippen LogP contribution in [0.3, 0.4) is 0 Å². The molecule has 0 rings (SSSR count). The lowest BCUT2D eigenvalue weighted by molar-refractivity contribution is 0.469. The molecule has 0 aliphatic rings. The van der Waals surface area contributed by atoms with Gasteiger partial charge in [-0.25, -0.2) is 0 Å². The Labute approximate surface area is 66.2 Å². The van der Waals surface area contributed by atoms with Crippen molar-refractivity contribution in [3.63, 3.8) is 0 Å². The van der Waals surface area contributed by atoms with Gasteiger partial charge in [-0.2, -0.15) is 0 Å². The number of rotatable bonds is 0. The Bertz CT molecular complexity index is 56.9. The molecule has 64 valence electrons. The van der Waals surface area contributed by atoms with Crippen molar-refractivity contribution in [2.75, 3.05) is 7.05 Å². The van der Waals surface area contributed by atoms with Gasteiger partial charge in [0.05, 0.1) is 0 Å². The molecule has 0 atom stereocenters. The summed E-state index contributed by atoms with van der Waals surface area (Å²) in [6, 6.07) is 0. The van der Waals surface area contributed by atoms with Gasteiger partial charge in [-0.3, -0.25) is 0 Å². The van der Waals surface area contributed by atoms with Gasteiger partial charge in [-0.15, -0.1) is 0 Å². The van der Waals surface area contributed by atoms with Gasteiger partial charge in [0.25, 0.3) is 0 Å². The summed E-state index contributed by atoms with van der Waals surface area (Å²) in [4.78, 5) is 0. The molecule has 0 spiro atoms. The van der Waals surface area contributed by atoms with E-state index in [1.54, 1.807) is 0 Å². The van der Waals surface area contributed by atoms with Crippen LogP contribution in [0.1, 0.15) is 41.5 Å². The van der Waals surface area contributed by atoms with Gasteiger partial charge in [0.1, 0.15) is 0 Å². The molecule has 0 aromatic heterocycles. The lowest BCUT2D eigenvalue weighted by Gasteiger charge is -2.15. The van der Waals surface area contributed by atoms with Crippen LogP contribution in [-0.2, 0) is 0 Å². The van der Waals surface area contributed by atoms with E-state index in [-0.39, 0.29) is 0 Å². The molecule has 0 unspecified atom stereocenters. The molecule has 0 aliphatic carbocycles. The standard InChI is InChI=1S/C5H13N.C4H10/c1-5(2,3)6-4;1-4(2)3/h6H,1-4H3;4H,1-3H3. The van der Waals surface area contributed by atoms with Gasteiger partial charge in [0.2, 0.25) is 0 Å². The third kappa shape index (κ3) is 44.0. The van der Waals surface area contributed by atoms with Crippen LogP contribution in [-0.4, -0.2) is 12.6 Å². The minimum absolute atomic E-state index is 0.292. The molecule has 0 aromatic carbocycles. The number of nitrogens with one attached hydrogen (secondary N) is 1. The van der Waals surface area contributed by atoms with Crippen molar-refractivity contribution < 1.29 is 0 Å². The lowest BCUT2D eigenvalue weighted by atomic mass is 10.1. The molecule has 0 saturated heterocycles. The molecule has 10 heavy (non-hydrogen) atoms. The molecule has 0 bridgehead atoms. The Kier molecular flexibility index (Phi) is 7.22. The first-order valence-corrected chi connectivity index (χ1v) is 3.98. The third-order valence-electron chi connectivity index (χ3n) is 0.750. The van der Waals surface area contributed by atoms with Crippen LogP contribution in [0, 0.1) is 5.92 Å². The van der Waals surface area contributed by atoms with Crippen LogP contribution in [0.2, 0.25) is 0 Å². The summed E-state index contributed by atoms with van der Waals surface area (Å²) in [7, 11) is 1.96. The predicted octanol–water partition coefficient (Wildman–Crippen LogP) is 2.67. The molecule has 0 aromatic rings. The highest BCUT2D eigenvalue weighted by atomic mass is 14.9. The average Bonchev–Trinajstić information content (AvgIpc) is 1.63. The minimum atomic E-state index is 0.292. The quantitative estimate of drug-likeness (QED) is 0.552. The van der Waals surface area contributed by atoms with Crippen LogP contribution in [0.25, 0.3) is 0 Å². The molecule has 0 fully saturated rings. The van der Waals surface area contributed by atoms with E-state index in [2.05, 4.69) is 46.9 Å². The molecule has 1 heteroatoms. The van der Waals surface area contributed by atoms with E-state index in [1.165, 1.54) is 0 Å². The van der Waals surface area contributed by atoms with Gasteiger partial charge in [-0.05, 0) is 33.7 Å². The number of hydrogen-bond donors (Lipinski definition) is 1. The van der Waals surface area contributed by atoms with Crippen molar-refractivity contribution in [3.05, 3.63) is 0 Å². The van der Waals surface area contributed by atoms with Crippen molar-refractivity contribution in [2.24, 2.45) is 5.92 Å². The van der Waals surface area contributed by atoms with Gasteiger partial charge in [0, 0.05) is 5.54 Å². The van der Waals surface area contributed by atoms with E-state index in [9.17, 15) is 0 Å². The average molecular weight is 145 g/mol. The highest BCUT2D eigenvalue weighted by molar-refractivity contribution is 4.65. The Morgan fingerprint density at radius 1 is 1.00 bits per heavy atom. The summed E-state index contributed by atoms with van der Waals surface area (Å²) < 4.78 is 0. The monoisotopic (exact) mass is 145 g/mol. The first kappa shape index (κ1) is 12.6. The lowest BCUT2D eigenvalue weighted by Crippen LogP contribution is -2.31. The fraction of sp³-hybridized carbons (Fsp3) is 1.00. The number of hydrogen-bond acceptors (Lipinski definition) is 1. The van der Waals surface area contributed by atoms with Crippen LogP contribution in [0.5, 0.6) is 0 Å². The zero-order valence-corrected chi connectivity index (χ0v) is 8.58. The van der Waals surface area contributed by atoms with E-state index in [0.717, 1.165) is 5.92 Å². The second-order valence-electron chi connectivity index (χ2n) is 4.23. The van der Waals surface area contributed by atoms with E-state index in [0.29, 0.717) is 5.54 Å². The second kappa shape index (κ2) is 5.72. The van der Waals surface area contributed by atoms with Gasteiger partial charge in [0.15, 0.2) is 0 Å². The highest BCUT2D eigenvalue weighted by Crippen LogP contribution is 1.93. The predicted molar refractivity (Wildman–Crippen MR) is 49.3 cm³/mol. The molecule has 1 nitrogen and oxygen atoms in total. The van der Waals surface area contributed by atoms with Crippen LogP contribution in [0.4, 0.5) is 0 Å². The van der Waals surface area contributed by atoms with Crippen LogP contribution >= 0.6 is 0 Å². The maximum absolute atomic E-state index is 3.10. The summed E-state index contributed by atoms with van der Waals surface area (Å²) in [6.45, 7) is 12.9. The van der Waals surface area contributed by atoms with Crippen molar-refractivity contribution in [1.29, 1.82) is 0 Å². The third-order valence-corrected chi connectivity index (χ3v) is 0.750. The first-order chi connectivity index (χ1) is 4.29. The van der Waals surface area contributed by atoms with E-state index in [4.69, 9.17) is 0 Å². The maximum Gasteiger partial charge on any atom is 0.00935 e. The molecule has 0 saturated carbocycles. The summed E-state index contributed by atoms with van der Waals surface area (Å²) >= 11 is 0. The van der Waals surface area contributed by atoms with Crippen molar-refractivity contribution in [2.45, 2.75) is 47.1 Å². The van der Waals surface area contributed by atoms with Crippen LogP contribution < -0.4 is 5.32 Å². The van der Waals surface area contributed by atoms with Gasteiger partial charge in [-0.1, -0.05) is 20.8 Å².